The fourth-order valence-electron chi connectivity index (χ4n) is 3.11. The van der Waals surface area contributed by atoms with Crippen LogP contribution in [0.25, 0.3) is 0 Å². The van der Waals surface area contributed by atoms with Crippen molar-refractivity contribution in [3.63, 3.8) is 0 Å². The highest BCUT2D eigenvalue weighted by Crippen LogP contribution is 2.41. The van der Waals surface area contributed by atoms with Gasteiger partial charge in [0.2, 0.25) is 5.91 Å². The van der Waals surface area contributed by atoms with E-state index in [1.54, 1.807) is 6.07 Å². The number of ether oxygens (including phenoxy) is 1. The first kappa shape index (κ1) is 20.2. The van der Waals surface area contributed by atoms with E-state index in [2.05, 4.69) is 27.3 Å². The predicted molar refractivity (Wildman–Crippen MR) is 111 cm³/mol. The third kappa shape index (κ3) is 4.29. The van der Waals surface area contributed by atoms with Gasteiger partial charge >= 0.3 is 5.97 Å². The first-order valence-corrected chi connectivity index (χ1v) is 10.3. The number of amides is 1. The molecule has 2 aromatic rings. The average molecular weight is 457 g/mol. The predicted octanol–water partition coefficient (Wildman–Crippen LogP) is 4.12. The first-order chi connectivity index (χ1) is 13.5. The van der Waals surface area contributed by atoms with Gasteiger partial charge in [-0.05, 0) is 23.3 Å². The van der Waals surface area contributed by atoms with Crippen LogP contribution in [0.15, 0.2) is 69.7 Å². The Kier molecular flexibility index (Phi) is 6.55. The summed E-state index contributed by atoms with van der Waals surface area (Å²) in [4.78, 5) is 25.1. The molecule has 0 aromatic heterocycles. The van der Waals surface area contributed by atoms with Crippen LogP contribution in [0.2, 0.25) is 0 Å². The molecule has 0 bridgehead atoms. The van der Waals surface area contributed by atoms with E-state index >= 15 is 0 Å². The SMILES string of the molecule is COC(=O)[C@@H]1C(=O)NC(SCc2ccccc2)=C(C#N)[C@@H]1c1cccc(Br)c1. The molecule has 1 heterocycles. The molecule has 0 saturated heterocycles. The summed E-state index contributed by atoms with van der Waals surface area (Å²) < 4.78 is 5.65. The molecule has 142 valence electrons. The number of hydrogen-bond donors (Lipinski definition) is 1. The molecule has 7 heteroatoms. The molecular formula is C21H17BrN2O3S. The number of thioether (sulfide) groups is 1. The molecule has 3 rings (SSSR count). The van der Waals surface area contributed by atoms with Gasteiger partial charge in [0.05, 0.1) is 23.8 Å². The van der Waals surface area contributed by atoms with Crippen LogP contribution < -0.4 is 5.32 Å². The summed E-state index contributed by atoms with van der Waals surface area (Å²) in [6, 6.07) is 19.3. The molecule has 0 radical (unpaired) electrons. The lowest BCUT2D eigenvalue weighted by atomic mass is 9.78. The van der Waals surface area contributed by atoms with Crippen LogP contribution in [0.5, 0.6) is 0 Å². The highest BCUT2D eigenvalue weighted by Gasteiger charge is 2.44. The molecule has 0 fully saturated rings. The van der Waals surface area contributed by atoms with Crippen molar-refractivity contribution >= 4 is 39.6 Å². The molecule has 28 heavy (non-hydrogen) atoms. The van der Waals surface area contributed by atoms with Gasteiger partial charge in [0.1, 0.15) is 5.92 Å². The van der Waals surface area contributed by atoms with Crippen LogP contribution in [0, 0.1) is 17.2 Å². The molecule has 1 aliphatic heterocycles. The number of rotatable bonds is 5. The van der Waals surface area contributed by atoms with Crippen molar-refractivity contribution in [2.24, 2.45) is 5.92 Å². The second-order valence-corrected chi connectivity index (χ2v) is 8.05. The summed E-state index contributed by atoms with van der Waals surface area (Å²) in [5, 5.41) is 13.1. The van der Waals surface area contributed by atoms with E-state index in [-0.39, 0.29) is 0 Å². The number of carbonyl (C=O) groups is 2. The van der Waals surface area contributed by atoms with Crippen molar-refractivity contribution in [3.8, 4) is 6.07 Å². The molecule has 1 aliphatic rings. The van der Waals surface area contributed by atoms with Crippen LogP contribution in [0.4, 0.5) is 0 Å². The summed E-state index contributed by atoms with van der Waals surface area (Å²) in [6.45, 7) is 0. The third-order valence-electron chi connectivity index (χ3n) is 4.42. The van der Waals surface area contributed by atoms with Gasteiger partial charge in [-0.15, -0.1) is 11.8 Å². The van der Waals surface area contributed by atoms with Gasteiger partial charge < -0.3 is 10.1 Å². The number of hydrogen-bond acceptors (Lipinski definition) is 5. The number of benzene rings is 2. The van der Waals surface area contributed by atoms with Gasteiger partial charge in [-0.25, -0.2) is 0 Å². The summed E-state index contributed by atoms with van der Waals surface area (Å²) in [7, 11) is 1.24. The van der Waals surface area contributed by atoms with Gasteiger partial charge in [-0.2, -0.15) is 5.26 Å². The second-order valence-electron chi connectivity index (χ2n) is 6.15. The fraction of sp³-hybridized carbons (Fsp3) is 0.190. The molecule has 0 unspecified atom stereocenters. The number of nitrogens with one attached hydrogen (secondary N) is 1. The van der Waals surface area contributed by atoms with Gasteiger partial charge in [0.15, 0.2) is 0 Å². The molecule has 0 spiro atoms. The van der Waals surface area contributed by atoms with Crippen molar-refractivity contribution in [2.45, 2.75) is 11.7 Å². The van der Waals surface area contributed by atoms with Crippen LogP contribution in [0.3, 0.4) is 0 Å². The van der Waals surface area contributed by atoms with Crippen molar-refractivity contribution in [3.05, 3.63) is 80.8 Å². The zero-order chi connectivity index (χ0) is 20.1. The summed E-state index contributed by atoms with van der Waals surface area (Å²) in [5.41, 5.74) is 2.13. The maximum absolute atomic E-state index is 12.8. The van der Waals surface area contributed by atoms with Gasteiger partial charge in [0, 0.05) is 16.1 Å². The Hall–Kier alpha value is -2.56. The molecular weight excluding hydrogens is 440 g/mol. The highest BCUT2D eigenvalue weighted by molar-refractivity contribution is 9.10. The van der Waals surface area contributed by atoms with Crippen LogP contribution >= 0.6 is 27.7 Å². The summed E-state index contributed by atoms with van der Waals surface area (Å²) in [6.07, 6.45) is 0. The molecule has 5 nitrogen and oxygen atoms in total. The quantitative estimate of drug-likeness (QED) is 0.540. The topological polar surface area (TPSA) is 79.2 Å². The Morgan fingerprint density at radius 1 is 1.25 bits per heavy atom. The minimum atomic E-state index is -1.12. The number of nitrogens with zero attached hydrogens (tertiary/aromatic N) is 1. The molecule has 2 aromatic carbocycles. The average Bonchev–Trinajstić information content (AvgIpc) is 2.71. The van der Waals surface area contributed by atoms with E-state index in [4.69, 9.17) is 4.74 Å². The Morgan fingerprint density at radius 3 is 2.64 bits per heavy atom. The Labute approximate surface area is 175 Å². The zero-order valence-electron chi connectivity index (χ0n) is 15.0. The lowest BCUT2D eigenvalue weighted by molar-refractivity contribution is -0.150. The molecule has 2 atom stereocenters. The van der Waals surface area contributed by atoms with Crippen molar-refractivity contribution in [1.29, 1.82) is 5.26 Å². The van der Waals surface area contributed by atoms with E-state index in [9.17, 15) is 14.9 Å². The Bertz CT molecular complexity index is 969. The maximum Gasteiger partial charge on any atom is 0.319 e. The smallest absolute Gasteiger partial charge is 0.319 e. The lowest BCUT2D eigenvalue weighted by Crippen LogP contribution is -2.44. The Balaban J connectivity index is 2.04. The fourth-order valence-corrected chi connectivity index (χ4v) is 4.53. The molecule has 1 amide bonds. The van der Waals surface area contributed by atoms with E-state index in [1.807, 2.05) is 48.5 Å². The van der Waals surface area contributed by atoms with Crippen LogP contribution in [-0.4, -0.2) is 19.0 Å². The first-order valence-electron chi connectivity index (χ1n) is 8.50. The molecule has 0 saturated carbocycles. The number of nitriles is 1. The highest BCUT2D eigenvalue weighted by atomic mass is 79.9. The minimum absolute atomic E-state index is 0.356. The van der Waals surface area contributed by atoms with E-state index < -0.39 is 23.7 Å². The van der Waals surface area contributed by atoms with Crippen LogP contribution in [-0.2, 0) is 20.1 Å². The summed E-state index contributed by atoms with van der Waals surface area (Å²) in [5.74, 6) is -2.36. The standard InChI is InChI=1S/C21H17BrN2O3S/c1-27-21(26)18-17(14-8-5-9-15(22)10-14)16(11-23)20(24-19(18)25)28-12-13-6-3-2-4-7-13/h2-10,17-18H,12H2,1H3,(H,24,25)/t17-,18-/m0/s1. The summed E-state index contributed by atoms with van der Waals surface area (Å²) >= 11 is 4.79. The largest absolute Gasteiger partial charge is 0.468 e. The van der Waals surface area contributed by atoms with E-state index in [1.165, 1.54) is 18.9 Å². The number of esters is 1. The van der Waals surface area contributed by atoms with Gasteiger partial charge in [-0.1, -0.05) is 58.4 Å². The van der Waals surface area contributed by atoms with Crippen molar-refractivity contribution < 1.29 is 14.3 Å². The molecule has 1 N–H and O–H groups in total. The van der Waals surface area contributed by atoms with Gasteiger partial charge in [0.25, 0.3) is 0 Å². The van der Waals surface area contributed by atoms with E-state index in [0.29, 0.717) is 21.9 Å². The number of methoxy groups -OCH3 is 1. The van der Waals surface area contributed by atoms with Crippen LogP contribution in [0.1, 0.15) is 17.0 Å². The number of halogens is 1. The lowest BCUT2D eigenvalue weighted by Gasteiger charge is -2.31. The zero-order valence-corrected chi connectivity index (χ0v) is 17.4. The van der Waals surface area contributed by atoms with Crippen molar-refractivity contribution in [1.82, 2.24) is 5.32 Å². The monoisotopic (exact) mass is 456 g/mol. The van der Waals surface area contributed by atoms with Gasteiger partial charge in [-0.3, -0.25) is 9.59 Å². The number of allylic oxidation sites excluding steroid dienone is 1. The van der Waals surface area contributed by atoms with Crippen molar-refractivity contribution in [2.75, 3.05) is 7.11 Å². The van der Waals surface area contributed by atoms with E-state index in [0.717, 1.165) is 10.0 Å². The molecule has 0 aliphatic carbocycles. The normalized spacial score (nSPS) is 19.0. The minimum Gasteiger partial charge on any atom is -0.468 e. The third-order valence-corrected chi connectivity index (χ3v) is 6.00. The maximum atomic E-state index is 12.8. The number of carbonyl (C=O) groups excluding carboxylic acids is 2. The second kappa shape index (κ2) is 9.09. The Morgan fingerprint density at radius 2 is 2.00 bits per heavy atom.